The number of methoxy groups -OCH3 is 1. The molecule has 0 saturated carbocycles. The molecule has 0 fully saturated rings. The molecule has 0 aliphatic heterocycles. The van der Waals surface area contributed by atoms with Crippen LogP contribution in [0.15, 0.2) is 48.5 Å². The topological polar surface area (TPSA) is 16.4 Å². The molecule has 0 unspecified atom stereocenters. The van der Waals surface area contributed by atoms with Gasteiger partial charge >= 0.3 is 0 Å². The van der Waals surface area contributed by atoms with Gasteiger partial charge in [-0.3, -0.25) is 0 Å². The third kappa shape index (κ3) is 3.43. The van der Waals surface area contributed by atoms with Gasteiger partial charge in [0.1, 0.15) is 12.8 Å². The average Bonchev–Trinajstić information content (AvgIpc) is 2.68. The summed E-state index contributed by atoms with van der Waals surface area (Å²) in [5, 5.41) is 2.41. The molecule has 3 aromatic carbocycles. The fraction of sp³-hybridized carbons (Fsp3) is 0.269. The standard InChI is InChI=1S/C26H29N2O.BrH/c1-16-12-17(2)24(18(3)13-16)25-20-10-8-9-11-21(20)28(6)22-14-19(27(4)5)15-23(29-7)26(22)25;/h8-15H,1-7H3;1H/q+1;/p-1. The molecule has 0 bridgehead atoms. The smallest absolute Gasteiger partial charge is 0.219 e. The van der Waals surface area contributed by atoms with Crippen molar-refractivity contribution >= 4 is 27.5 Å². The lowest BCUT2D eigenvalue weighted by Crippen LogP contribution is -3.00. The average molecular weight is 465 g/mol. The van der Waals surface area contributed by atoms with Crippen LogP contribution in [0.2, 0.25) is 0 Å². The van der Waals surface area contributed by atoms with Gasteiger partial charge in [0.15, 0.2) is 0 Å². The molecule has 0 aliphatic rings. The van der Waals surface area contributed by atoms with E-state index in [4.69, 9.17) is 4.74 Å². The zero-order chi connectivity index (χ0) is 20.9. The largest absolute Gasteiger partial charge is 1.00 e. The molecule has 3 nitrogen and oxygen atoms in total. The highest BCUT2D eigenvalue weighted by Crippen LogP contribution is 2.43. The Bertz CT molecular complexity index is 1240. The summed E-state index contributed by atoms with van der Waals surface area (Å²) in [6.45, 7) is 6.59. The van der Waals surface area contributed by atoms with Crippen LogP contribution in [-0.4, -0.2) is 21.2 Å². The van der Waals surface area contributed by atoms with E-state index >= 15 is 0 Å². The number of hydrogen-bond acceptors (Lipinski definition) is 2. The van der Waals surface area contributed by atoms with Crippen molar-refractivity contribution in [2.24, 2.45) is 7.05 Å². The molecule has 1 heterocycles. The van der Waals surface area contributed by atoms with Crippen LogP contribution < -0.4 is 31.2 Å². The van der Waals surface area contributed by atoms with Crippen molar-refractivity contribution in [3.8, 4) is 16.9 Å². The Kier molecular flexibility index (Phi) is 6.09. The number of ether oxygens (including phenoxy) is 1. The summed E-state index contributed by atoms with van der Waals surface area (Å²) in [5.74, 6) is 0.905. The molecule has 30 heavy (non-hydrogen) atoms. The van der Waals surface area contributed by atoms with Crippen LogP contribution in [0.5, 0.6) is 5.75 Å². The normalized spacial score (nSPS) is 10.9. The Hall–Kier alpha value is -2.59. The van der Waals surface area contributed by atoms with Gasteiger partial charge in [-0.1, -0.05) is 29.8 Å². The summed E-state index contributed by atoms with van der Waals surface area (Å²) in [6.07, 6.45) is 0. The first-order chi connectivity index (χ1) is 13.8. The number of nitrogens with zero attached hydrogens (tertiary/aromatic N) is 2. The predicted octanol–water partition coefficient (Wildman–Crippen LogP) is 2.49. The molecule has 0 N–H and O–H groups in total. The molecule has 4 aromatic rings. The lowest BCUT2D eigenvalue weighted by molar-refractivity contribution is -0.617. The Labute approximate surface area is 189 Å². The van der Waals surface area contributed by atoms with E-state index < -0.39 is 0 Å². The van der Waals surface area contributed by atoms with Crippen LogP contribution in [0.4, 0.5) is 5.69 Å². The summed E-state index contributed by atoms with van der Waals surface area (Å²) in [5.41, 5.74) is 9.94. The SMILES string of the molecule is COc1cc(N(C)C)cc2c1c(-c1c(C)cc(C)cc1C)c1ccccc1[n+]2C.[Br-]. The molecule has 0 atom stereocenters. The summed E-state index contributed by atoms with van der Waals surface area (Å²) in [7, 11) is 8.04. The third-order valence-corrected chi connectivity index (χ3v) is 5.88. The van der Waals surface area contributed by atoms with E-state index in [2.05, 4.69) is 99.9 Å². The highest BCUT2D eigenvalue weighted by molar-refractivity contribution is 6.11. The predicted molar refractivity (Wildman–Crippen MR) is 123 cm³/mol. The molecular weight excluding hydrogens is 436 g/mol. The molecule has 4 rings (SSSR count). The van der Waals surface area contributed by atoms with Crippen LogP contribution in [0, 0.1) is 20.8 Å². The Morgan fingerprint density at radius 1 is 0.833 bits per heavy atom. The van der Waals surface area contributed by atoms with Crippen molar-refractivity contribution in [1.29, 1.82) is 0 Å². The van der Waals surface area contributed by atoms with Crippen molar-refractivity contribution in [2.75, 3.05) is 26.1 Å². The van der Waals surface area contributed by atoms with E-state index in [0.717, 1.165) is 16.8 Å². The van der Waals surface area contributed by atoms with Crippen molar-refractivity contribution < 1.29 is 26.3 Å². The van der Waals surface area contributed by atoms with Gasteiger partial charge in [0.25, 0.3) is 0 Å². The highest BCUT2D eigenvalue weighted by Gasteiger charge is 2.25. The van der Waals surface area contributed by atoms with Crippen LogP contribution in [0.1, 0.15) is 16.7 Å². The second-order valence-electron chi connectivity index (χ2n) is 8.16. The number of rotatable bonds is 3. The number of hydrogen-bond donors (Lipinski definition) is 0. The number of benzene rings is 3. The van der Waals surface area contributed by atoms with Crippen molar-refractivity contribution in [1.82, 2.24) is 0 Å². The van der Waals surface area contributed by atoms with E-state index in [9.17, 15) is 0 Å². The molecule has 0 saturated heterocycles. The van der Waals surface area contributed by atoms with Gasteiger partial charge in [-0.05, 0) is 43.5 Å². The van der Waals surface area contributed by atoms with E-state index in [1.54, 1.807) is 7.11 Å². The van der Waals surface area contributed by atoms with E-state index in [-0.39, 0.29) is 17.0 Å². The number of fused-ring (bicyclic) bond motifs is 2. The van der Waals surface area contributed by atoms with Crippen LogP contribution in [0.3, 0.4) is 0 Å². The highest BCUT2D eigenvalue weighted by atomic mass is 79.9. The van der Waals surface area contributed by atoms with E-state index in [1.165, 1.54) is 44.2 Å². The lowest BCUT2D eigenvalue weighted by Gasteiger charge is -2.20. The maximum atomic E-state index is 5.95. The molecule has 4 heteroatoms. The fourth-order valence-corrected chi connectivity index (χ4v) is 4.60. The molecule has 1 aromatic heterocycles. The molecule has 0 spiro atoms. The zero-order valence-electron chi connectivity index (χ0n) is 18.8. The second-order valence-corrected chi connectivity index (χ2v) is 8.16. The summed E-state index contributed by atoms with van der Waals surface area (Å²) >= 11 is 0. The number of para-hydroxylation sites is 1. The minimum atomic E-state index is 0. The van der Waals surface area contributed by atoms with Gasteiger partial charge in [0.05, 0.1) is 17.9 Å². The number of pyridine rings is 1. The number of anilines is 1. The quantitative estimate of drug-likeness (QED) is 0.342. The summed E-state index contributed by atoms with van der Waals surface area (Å²) in [4.78, 5) is 2.12. The van der Waals surface area contributed by atoms with Gasteiger partial charge < -0.3 is 26.6 Å². The Balaban J connectivity index is 0.00000256. The minimum Gasteiger partial charge on any atom is -1.00 e. The Morgan fingerprint density at radius 3 is 2.07 bits per heavy atom. The molecule has 0 amide bonds. The number of aryl methyl sites for hydroxylation is 4. The maximum Gasteiger partial charge on any atom is 0.219 e. The third-order valence-electron chi connectivity index (χ3n) is 5.88. The van der Waals surface area contributed by atoms with Gasteiger partial charge in [-0.25, -0.2) is 0 Å². The van der Waals surface area contributed by atoms with Crippen molar-refractivity contribution in [3.05, 3.63) is 65.2 Å². The van der Waals surface area contributed by atoms with Gasteiger partial charge in [0.2, 0.25) is 11.0 Å². The van der Waals surface area contributed by atoms with Crippen LogP contribution >= 0.6 is 0 Å². The second kappa shape index (κ2) is 8.27. The number of halogens is 1. The molecule has 156 valence electrons. The first kappa shape index (κ1) is 22.1. The maximum absolute atomic E-state index is 5.95. The first-order valence-corrected chi connectivity index (χ1v) is 10.0. The monoisotopic (exact) mass is 464 g/mol. The number of aromatic nitrogens is 1. The van der Waals surface area contributed by atoms with E-state index in [0.29, 0.717) is 0 Å². The van der Waals surface area contributed by atoms with Gasteiger partial charge in [-0.2, -0.15) is 4.57 Å². The molecule has 0 aliphatic carbocycles. The molecular formula is C26H29BrN2O. The zero-order valence-corrected chi connectivity index (χ0v) is 20.4. The van der Waals surface area contributed by atoms with Gasteiger partial charge in [-0.15, -0.1) is 0 Å². The van der Waals surface area contributed by atoms with Crippen molar-refractivity contribution in [2.45, 2.75) is 20.8 Å². The lowest BCUT2D eigenvalue weighted by atomic mass is 9.88. The van der Waals surface area contributed by atoms with Gasteiger partial charge in [0, 0.05) is 43.5 Å². The van der Waals surface area contributed by atoms with E-state index in [1.807, 2.05) is 0 Å². The Morgan fingerprint density at radius 2 is 1.47 bits per heavy atom. The van der Waals surface area contributed by atoms with Crippen LogP contribution in [-0.2, 0) is 7.05 Å². The summed E-state index contributed by atoms with van der Waals surface area (Å²) in [6, 6.07) is 17.6. The summed E-state index contributed by atoms with van der Waals surface area (Å²) < 4.78 is 8.23. The fourth-order valence-electron chi connectivity index (χ4n) is 4.60. The molecule has 0 radical (unpaired) electrons. The minimum absolute atomic E-state index is 0. The van der Waals surface area contributed by atoms with Crippen molar-refractivity contribution in [3.63, 3.8) is 0 Å². The van der Waals surface area contributed by atoms with Crippen LogP contribution in [0.25, 0.3) is 32.9 Å². The first-order valence-electron chi connectivity index (χ1n) is 10.0.